The maximum Gasteiger partial charge on any atom is 0.143 e. The largest absolute Gasteiger partial charge is 0.495 e. The van der Waals surface area contributed by atoms with Crippen molar-refractivity contribution in [2.75, 3.05) is 12.5 Å². The molecule has 3 nitrogen and oxygen atoms in total. The highest BCUT2D eigenvalue weighted by atomic mass is 35.5. The van der Waals surface area contributed by atoms with Gasteiger partial charge in [0.1, 0.15) is 5.75 Å². The van der Waals surface area contributed by atoms with Crippen LogP contribution in [0.4, 0.5) is 5.69 Å². The summed E-state index contributed by atoms with van der Waals surface area (Å²) in [6.07, 6.45) is 0. The monoisotopic (exact) mass is 370 g/mol. The molecule has 0 spiro atoms. The molecule has 0 saturated heterocycles. The van der Waals surface area contributed by atoms with Crippen LogP contribution in [0.15, 0.2) is 77.9 Å². The van der Waals surface area contributed by atoms with Gasteiger partial charge in [-0.2, -0.15) is 5.10 Å². The van der Waals surface area contributed by atoms with E-state index in [1.165, 1.54) is 0 Å². The van der Waals surface area contributed by atoms with Crippen molar-refractivity contribution in [2.45, 2.75) is 0 Å². The van der Waals surface area contributed by atoms with Gasteiger partial charge in [0.05, 0.1) is 18.5 Å². The van der Waals surface area contributed by atoms with Crippen LogP contribution in [-0.4, -0.2) is 12.8 Å². The van der Waals surface area contributed by atoms with E-state index in [4.69, 9.17) is 27.9 Å². The van der Waals surface area contributed by atoms with Crippen molar-refractivity contribution in [3.8, 4) is 5.75 Å². The molecule has 0 radical (unpaired) electrons. The highest BCUT2D eigenvalue weighted by Gasteiger charge is 2.09. The van der Waals surface area contributed by atoms with E-state index in [9.17, 15) is 0 Å². The first kappa shape index (κ1) is 17.3. The number of hydrogen-bond donors (Lipinski definition) is 1. The molecule has 25 heavy (non-hydrogen) atoms. The molecular weight excluding hydrogens is 355 g/mol. The topological polar surface area (TPSA) is 33.6 Å². The molecule has 5 heteroatoms. The lowest BCUT2D eigenvalue weighted by Gasteiger charge is -2.11. The second-order valence-corrected chi connectivity index (χ2v) is 6.16. The molecule has 0 bridgehead atoms. The van der Waals surface area contributed by atoms with Gasteiger partial charge in [0.25, 0.3) is 0 Å². The molecule has 0 aliphatic heterocycles. The highest BCUT2D eigenvalue weighted by molar-refractivity contribution is 6.31. The van der Waals surface area contributed by atoms with Crippen LogP contribution in [0.1, 0.15) is 11.1 Å². The van der Waals surface area contributed by atoms with Gasteiger partial charge in [-0.1, -0.05) is 59.6 Å². The molecule has 0 unspecified atom stereocenters. The van der Waals surface area contributed by atoms with Crippen LogP contribution >= 0.6 is 23.2 Å². The molecule has 0 amide bonds. The number of nitrogens with zero attached hydrogens (tertiary/aromatic N) is 1. The van der Waals surface area contributed by atoms with E-state index >= 15 is 0 Å². The smallest absolute Gasteiger partial charge is 0.143 e. The Morgan fingerprint density at radius 2 is 1.32 bits per heavy atom. The summed E-state index contributed by atoms with van der Waals surface area (Å²) in [4.78, 5) is 0. The van der Waals surface area contributed by atoms with Crippen molar-refractivity contribution < 1.29 is 4.74 Å². The Bertz CT molecular complexity index is 827. The molecule has 3 aromatic rings. The van der Waals surface area contributed by atoms with E-state index in [1.54, 1.807) is 7.11 Å². The number of ether oxygens (including phenoxy) is 1. The molecule has 3 aromatic carbocycles. The van der Waals surface area contributed by atoms with Crippen molar-refractivity contribution in [1.82, 2.24) is 0 Å². The second-order valence-electron chi connectivity index (χ2n) is 5.29. The predicted octanol–water partition coefficient (Wildman–Crippen LogP) is 5.87. The zero-order valence-electron chi connectivity index (χ0n) is 13.5. The normalized spacial score (nSPS) is 10.2. The van der Waals surface area contributed by atoms with Crippen LogP contribution < -0.4 is 10.2 Å². The van der Waals surface area contributed by atoms with E-state index in [1.807, 2.05) is 72.8 Å². The summed E-state index contributed by atoms with van der Waals surface area (Å²) in [5.41, 5.74) is 6.53. The lowest BCUT2D eigenvalue weighted by molar-refractivity contribution is 0.416. The Kier molecular flexibility index (Phi) is 5.59. The predicted molar refractivity (Wildman–Crippen MR) is 105 cm³/mol. The van der Waals surface area contributed by atoms with E-state index < -0.39 is 0 Å². The van der Waals surface area contributed by atoms with Crippen molar-refractivity contribution in [2.24, 2.45) is 5.10 Å². The van der Waals surface area contributed by atoms with Gasteiger partial charge in [0.2, 0.25) is 0 Å². The Balaban J connectivity index is 2.01. The molecule has 0 fully saturated rings. The van der Waals surface area contributed by atoms with Gasteiger partial charge in [-0.25, -0.2) is 0 Å². The molecule has 0 heterocycles. The maximum atomic E-state index is 6.01. The van der Waals surface area contributed by atoms with Gasteiger partial charge >= 0.3 is 0 Å². The number of para-hydroxylation sites is 2. The van der Waals surface area contributed by atoms with E-state index in [2.05, 4.69) is 10.5 Å². The zero-order valence-corrected chi connectivity index (χ0v) is 15.1. The number of rotatable bonds is 5. The summed E-state index contributed by atoms with van der Waals surface area (Å²) in [5.74, 6) is 0.720. The minimum Gasteiger partial charge on any atom is -0.495 e. The van der Waals surface area contributed by atoms with Crippen LogP contribution in [-0.2, 0) is 0 Å². The Hall–Kier alpha value is -2.49. The van der Waals surface area contributed by atoms with Crippen LogP contribution in [0, 0.1) is 0 Å². The molecule has 0 aliphatic carbocycles. The minimum absolute atomic E-state index is 0.678. The standard InChI is InChI=1S/C20H16Cl2N2O/c1-25-19-5-3-2-4-18(19)23-24-20(14-6-10-16(21)11-7-14)15-8-12-17(22)13-9-15/h2-13,23H,1H3. The summed E-state index contributed by atoms with van der Waals surface area (Å²) in [6.45, 7) is 0. The molecule has 1 N–H and O–H groups in total. The molecule has 126 valence electrons. The van der Waals surface area contributed by atoms with E-state index in [-0.39, 0.29) is 0 Å². The number of hydrazone groups is 1. The fourth-order valence-electron chi connectivity index (χ4n) is 2.36. The third-order valence-corrected chi connectivity index (χ3v) is 4.13. The number of hydrogen-bond acceptors (Lipinski definition) is 3. The summed E-state index contributed by atoms with van der Waals surface area (Å²) in [6, 6.07) is 22.7. The quantitative estimate of drug-likeness (QED) is 0.450. The highest BCUT2D eigenvalue weighted by Crippen LogP contribution is 2.24. The van der Waals surface area contributed by atoms with Crippen molar-refractivity contribution >= 4 is 34.6 Å². The van der Waals surface area contributed by atoms with Crippen LogP contribution in [0.25, 0.3) is 0 Å². The molecule has 0 aliphatic rings. The molecular formula is C20H16Cl2N2O. The van der Waals surface area contributed by atoms with Gasteiger partial charge < -0.3 is 4.74 Å². The minimum atomic E-state index is 0.678. The summed E-state index contributed by atoms with van der Waals surface area (Å²) in [7, 11) is 1.63. The van der Waals surface area contributed by atoms with Crippen LogP contribution in [0.2, 0.25) is 10.0 Å². The summed E-state index contributed by atoms with van der Waals surface area (Å²) < 4.78 is 5.35. The van der Waals surface area contributed by atoms with Crippen molar-refractivity contribution in [1.29, 1.82) is 0 Å². The summed E-state index contributed by atoms with van der Waals surface area (Å²) >= 11 is 12.0. The van der Waals surface area contributed by atoms with Gasteiger partial charge in [-0.05, 0) is 36.4 Å². The Morgan fingerprint density at radius 1 is 0.800 bits per heavy atom. The molecule has 0 saturated carbocycles. The number of nitrogens with one attached hydrogen (secondary N) is 1. The van der Waals surface area contributed by atoms with Crippen molar-refractivity contribution in [3.05, 3.63) is 94.0 Å². The van der Waals surface area contributed by atoms with Gasteiger partial charge in [0, 0.05) is 21.2 Å². The fraction of sp³-hybridized carbons (Fsp3) is 0.0500. The van der Waals surface area contributed by atoms with Gasteiger partial charge in [-0.15, -0.1) is 0 Å². The first-order valence-corrected chi connectivity index (χ1v) is 8.41. The maximum absolute atomic E-state index is 6.01. The van der Waals surface area contributed by atoms with Crippen molar-refractivity contribution in [3.63, 3.8) is 0 Å². The van der Waals surface area contributed by atoms with Crippen LogP contribution in [0.3, 0.4) is 0 Å². The lowest BCUT2D eigenvalue weighted by Crippen LogP contribution is -2.07. The third-order valence-electron chi connectivity index (χ3n) is 3.63. The molecule has 3 rings (SSSR count). The van der Waals surface area contributed by atoms with Crippen LogP contribution in [0.5, 0.6) is 5.75 Å². The first-order valence-electron chi connectivity index (χ1n) is 7.66. The van der Waals surface area contributed by atoms with E-state index in [0.717, 1.165) is 28.3 Å². The van der Waals surface area contributed by atoms with Gasteiger partial charge in [-0.3, -0.25) is 5.43 Å². The number of benzene rings is 3. The lowest BCUT2D eigenvalue weighted by atomic mass is 10.0. The molecule has 0 aromatic heterocycles. The number of methoxy groups -OCH3 is 1. The SMILES string of the molecule is COc1ccccc1NN=C(c1ccc(Cl)cc1)c1ccc(Cl)cc1. The number of halogens is 2. The third kappa shape index (κ3) is 4.32. The fourth-order valence-corrected chi connectivity index (χ4v) is 2.62. The Morgan fingerprint density at radius 3 is 1.84 bits per heavy atom. The average molecular weight is 371 g/mol. The summed E-state index contributed by atoms with van der Waals surface area (Å²) in [5, 5.41) is 5.96. The van der Waals surface area contributed by atoms with E-state index in [0.29, 0.717) is 10.0 Å². The zero-order chi connectivity index (χ0) is 17.6. The second kappa shape index (κ2) is 8.06. The Labute approximate surface area is 156 Å². The number of anilines is 1. The average Bonchev–Trinajstić information content (AvgIpc) is 2.65. The van der Waals surface area contributed by atoms with Gasteiger partial charge in [0.15, 0.2) is 0 Å². The molecule has 0 atom stereocenters. The first-order chi connectivity index (χ1) is 12.2.